The Morgan fingerprint density at radius 2 is 1.70 bits per heavy atom. The molecular formula is C23H19BrN2O3S. The maximum Gasteiger partial charge on any atom is 0.264 e. The molecule has 0 unspecified atom stereocenters. The first-order valence-electron chi connectivity index (χ1n) is 9.23. The van der Waals surface area contributed by atoms with Crippen molar-refractivity contribution in [3.8, 4) is 5.75 Å². The number of aliphatic imine (C=N–C) groups is 1. The molecule has 1 aliphatic rings. The molecule has 3 aromatic carbocycles. The van der Waals surface area contributed by atoms with Crippen molar-refractivity contribution in [3.05, 3.63) is 99.8 Å². The Morgan fingerprint density at radius 3 is 2.40 bits per heavy atom. The molecule has 0 amide bonds. The van der Waals surface area contributed by atoms with Crippen molar-refractivity contribution < 1.29 is 13.2 Å². The number of rotatable bonds is 4. The largest absolute Gasteiger partial charge is 0.436 e. The van der Waals surface area contributed by atoms with Gasteiger partial charge in [-0.1, -0.05) is 64.0 Å². The Kier molecular flexibility index (Phi) is 5.49. The minimum atomic E-state index is -3.83. The van der Waals surface area contributed by atoms with E-state index in [9.17, 15) is 8.42 Å². The highest BCUT2D eigenvalue weighted by atomic mass is 79.9. The van der Waals surface area contributed by atoms with E-state index in [0.717, 1.165) is 15.6 Å². The average Bonchev–Trinajstić information content (AvgIpc) is 2.74. The molecule has 1 heterocycles. The van der Waals surface area contributed by atoms with E-state index in [1.54, 1.807) is 30.5 Å². The summed E-state index contributed by atoms with van der Waals surface area (Å²) in [4.78, 5) is 4.63. The van der Waals surface area contributed by atoms with Crippen LogP contribution in [0, 0.1) is 6.92 Å². The number of nitrogens with zero attached hydrogens (tertiary/aromatic N) is 2. The molecule has 0 spiro atoms. The first-order chi connectivity index (χ1) is 14.4. The summed E-state index contributed by atoms with van der Waals surface area (Å²) in [6.07, 6.45) is 1.68. The van der Waals surface area contributed by atoms with Crippen LogP contribution in [0.1, 0.15) is 16.7 Å². The summed E-state index contributed by atoms with van der Waals surface area (Å²) < 4.78 is 34.9. The lowest BCUT2D eigenvalue weighted by atomic mass is 10.1. The van der Waals surface area contributed by atoms with Crippen molar-refractivity contribution in [3.63, 3.8) is 0 Å². The van der Waals surface area contributed by atoms with Crippen LogP contribution in [-0.4, -0.2) is 26.0 Å². The average molecular weight is 483 g/mol. The van der Waals surface area contributed by atoms with Gasteiger partial charge in [0, 0.05) is 28.9 Å². The van der Waals surface area contributed by atoms with Gasteiger partial charge in [-0.25, -0.2) is 13.4 Å². The number of ether oxygens (including phenoxy) is 1. The second-order valence-electron chi connectivity index (χ2n) is 6.85. The smallest absolute Gasteiger partial charge is 0.264 e. The van der Waals surface area contributed by atoms with Gasteiger partial charge in [0.1, 0.15) is 11.4 Å². The summed E-state index contributed by atoms with van der Waals surface area (Å²) in [5, 5.41) is 0. The van der Waals surface area contributed by atoms with Gasteiger partial charge in [-0.2, -0.15) is 0 Å². The van der Waals surface area contributed by atoms with Crippen molar-refractivity contribution in [2.45, 2.75) is 11.8 Å². The SMILES string of the molecule is Cc1ccc(S(=O)(=O)N(C)/C(=C2/N=Cc3ccc(Br)cc3O2)c2ccccc2)cc1. The third kappa shape index (κ3) is 3.91. The quantitative estimate of drug-likeness (QED) is 0.512. The van der Waals surface area contributed by atoms with Crippen LogP contribution in [0.25, 0.3) is 5.70 Å². The highest BCUT2D eigenvalue weighted by Crippen LogP contribution is 2.34. The monoisotopic (exact) mass is 482 g/mol. The lowest BCUT2D eigenvalue weighted by Gasteiger charge is -2.25. The Labute approximate surface area is 184 Å². The van der Waals surface area contributed by atoms with Crippen molar-refractivity contribution in [1.82, 2.24) is 4.31 Å². The van der Waals surface area contributed by atoms with Crippen LogP contribution in [0.2, 0.25) is 0 Å². The number of aryl methyl sites for hydroxylation is 1. The second kappa shape index (κ2) is 8.08. The molecule has 0 radical (unpaired) electrons. The summed E-state index contributed by atoms with van der Waals surface area (Å²) in [5.41, 5.74) is 2.85. The van der Waals surface area contributed by atoms with Crippen LogP contribution in [0.15, 0.2) is 93.0 Å². The molecule has 3 aromatic rings. The molecule has 30 heavy (non-hydrogen) atoms. The first kappa shape index (κ1) is 20.4. The normalized spacial score (nSPS) is 14.6. The molecule has 0 N–H and O–H groups in total. The number of benzene rings is 3. The predicted octanol–water partition coefficient (Wildman–Crippen LogP) is 5.22. The summed E-state index contributed by atoms with van der Waals surface area (Å²) >= 11 is 3.44. The Morgan fingerprint density at radius 1 is 1.00 bits per heavy atom. The fraction of sp³-hybridized carbons (Fsp3) is 0.0870. The standard InChI is InChI=1S/C23H19BrN2O3S/c1-16-8-12-20(13-9-16)30(27,28)26(2)22(17-6-4-3-5-7-17)23-25-15-18-10-11-19(24)14-21(18)29-23/h3-15H,1-2H3/b23-22-. The lowest BCUT2D eigenvalue weighted by Crippen LogP contribution is -2.27. The molecule has 0 saturated carbocycles. The van der Waals surface area contributed by atoms with Gasteiger partial charge in [-0.15, -0.1) is 0 Å². The zero-order valence-electron chi connectivity index (χ0n) is 16.4. The van der Waals surface area contributed by atoms with Crippen molar-refractivity contribution in [2.24, 2.45) is 4.99 Å². The summed E-state index contributed by atoms with van der Waals surface area (Å²) in [6.45, 7) is 1.91. The third-order valence-corrected chi connectivity index (χ3v) is 7.01. The fourth-order valence-electron chi connectivity index (χ4n) is 3.10. The summed E-state index contributed by atoms with van der Waals surface area (Å²) in [7, 11) is -2.31. The van der Waals surface area contributed by atoms with E-state index in [1.807, 2.05) is 55.5 Å². The van der Waals surface area contributed by atoms with Gasteiger partial charge in [0.05, 0.1) is 4.90 Å². The van der Waals surface area contributed by atoms with Gasteiger partial charge in [-0.05, 0) is 37.3 Å². The van der Waals surface area contributed by atoms with Gasteiger partial charge in [0.15, 0.2) is 0 Å². The number of halogens is 1. The van der Waals surface area contributed by atoms with Gasteiger partial charge in [0.2, 0.25) is 5.88 Å². The van der Waals surface area contributed by atoms with E-state index in [1.165, 1.54) is 11.4 Å². The zero-order valence-corrected chi connectivity index (χ0v) is 18.8. The minimum absolute atomic E-state index is 0.201. The molecule has 7 heteroatoms. The number of hydrogen-bond donors (Lipinski definition) is 0. The number of fused-ring (bicyclic) bond motifs is 1. The van der Waals surface area contributed by atoms with E-state index >= 15 is 0 Å². The Hall–Kier alpha value is -2.90. The lowest BCUT2D eigenvalue weighted by molar-refractivity contribution is 0.409. The topological polar surface area (TPSA) is 59.0 Å². The van der Waals surface area contributed by atoms with Crippen molar-refractivity contribution >= 4 is 37.9 Å². The van der Waals surface area contributed by atoms with Crippen LogP contribution in [0.4, 0.5) is 0 Å². The van der Waals surface area contributed by atoms with Crippen LogP contribution in [-0.2, 0) is 10.0 Å². The molecule has 0 atom stereocenters. The predicted molar refractivity (Wildman–Crippen MR) is 122 cm³/mol. The number of hydrogen-bond acceptors (Lipinski definition) is 4. The first-order valence-corrected chi connectivity index (χ1v) is 11.5. The summed E-state index contributed by atoms with van der Waals surface area (Å²) in [5.74, 6) is 0.814. The van der Waals surface area contributed by atoms with Gasteiger partial charge in [-0.3, -0.25) is 4.31 Å². The third-order valence-electron chi connectivity index (χ3n) is 4.75. The molecule has 5 nitrogen and oxygen atoms in total. The molecule has 152 valence electrons. The Balaban J connectivity index is 1.86. The van der Waals surface area contributed by atoms with Gasteiger partial charge in [0.25, 0.3) is 10.0 Å². The van der Waals surface area contributed by atoms with Crippen molar-refractivity contribution in [1.29, 1.82) is 0 Å². The highest BCUT2D eigenvalue weighted by molar-refractivity contribution is 9.10. The van der Waals surface area contributed by atoms with Crippen LogP contribution >= 0.6 is 15.9 Å². The molecule has 0 bridgehead atoms. The molecule has 0 saturated heterocycles. The van der Waals surface area contributed by atoms with E-state index in [2.05, 4.69) is 20.9 Å². The van der Waals surface area contributed by atoms with Crippen molar-refractivity contribution in [2.75, 3.05) is 7.05 Å². The second-order valence-corrected chi connectivity index (χ2v) is 9.73. The van der Waals surface area contributed by atoms with Crippen LogP contribution in [0.5, 0.6) is 5.75 Å². The molecular weight excluding hydrogens is 464 g/mol. The van der Waals surface area contributed by atoms with E-state index in [0.29, 0.717) is 17.0 Å². The number of sulfonamides is 1. The minimum Gasteiger partial charge on any atom is -0.436 e. The fourth-order valence-corrected chi connectivity index (χ4v) is 4.66. The van der Waals surface area contributed by atoms with Gasteiger partial charge >= 0.3 is 0 Å². The maximum absolute atomic E-state index is 13.4. The Bertz CT molecular complexity index is 1250. The van der Waals surface area contributed by atoms with Crippen LogP contribution < -0.4 is 4.74 Å². The maximum atomic E-state index is 13.4. The molecule has 0 aromatic heterocycles. The van der Waals surface area contributed by atoms with E-state index in [4.69, 9.17) is 4.74 Å². The highest BCUT2D eigenvalue weighted by Gasteiger charge is 2.28. The van der Waals surface area contributed by atoms with Gasteiger partial charge < -0.3 is 4.74 Å². The molecule has 0 fully saturated rings. The zero-order chi connectivity index (χ0) is 21.3. The van der Waals surface area contributed by atoms with E-state index < -0.39 is 10.0 Å². The van der Waals surface area contributed by atoms with Crippen LogP contribution in [0.3, 0.4) is 0 Å². The molecule has 4 rings (SSSR count). The molecule has 1 aliphatic heterocycles. The molecule has 0 aliphatic carbocycles. The van der Waals surface area contributed by atoms with E-state index in [-0.39, 0.29) is 10.8 Å². The summed E-state index contributed by atoms with van der Waals surface area (Å²) in [6, 6.07) is 21.6.